The molecule has 23 heavy (non-hydrogen) atoms. The highest BCUT2D eigenvalue weighted by atomic mass is 16.5. The van der Waals surface area contributed by atoms with Gasteiger partial charge in [0.15, 0.2) is 0 Å². The molecule has 1 heterocycles. The Hall–Kier alpha value is -2.22. The molecule has 0 spiro atoms. The van der Waals surface area contributed by atoms with Gasteiger partial charge in [0.25, 0.3) is 0 Å². The van der Waals surface area contributed by atoms with Crippen LogP contribution in [-0.2, 0) is 13.0 Å². The lowest BCUT2D eigenvalue weighted by Crippen LogP contribution is -2.06. The minimum atomic E-state index is 0.352. The Morgan fingerprint density at radius 2 is 1.78 bits per heavy atom. The second-order valence-electron chi connectivity index (χ2n) is 7.36. The standard InChI is InChI=1S/C21H25NO/c1-21(2,3)12-11-17-14-22-20-10-9-18(13-19(17)20)23-15-16-7-5-4-6-8-16/h4-10,13-14,22H,11-12,15H2,1-3H3. The second-order valence-corrected chi connectivity index (χ2v) is 7.36. The summed E-state index contributed by atoms with van der Waals surface area (Å²) in [6.45, 7) is 7.47. The molecule has 0 radical (unpaired) electrons. The molecular formula is C21H25NO. The zero-order chi connectivity index (χ0) is 16.3. The predicted molar refractivity (Wildman–Crippen MR) is 96.8 cm³/mol. The Morgan fingerprint density at radius 1 is 1.00 bits per heavy atom. The largest absolute Gasteiger partial charge is 0.489 e. The number of rotatable bonds is 5. The normalized spacial score (nSPS) is 11.8. The molecule has 0 amide bonds. The summed E-state index contributed by atoms with van der Waals surface area (Å²) in [4.78, 5) is 3.37. The average molecular weight is 307 g/mol. The van der Waals surface area contributed by atoms with Gasteiger partial charge in [-0.1, -0.05) is 51.1 Å². The van der Waals surface area contributed by atoms with Gasteiger partial charge >= 0.3 is 0 Å². The zero-order valence-electron chi connectivity index (χ0n) is 14.2. The molecule has 1 N–H and O–H groups in total. The third kappa shape index (κ3) is 4.16. The number of H-pyrrole nitrogens is 1. The number of hydrogen-bond acceptors (Lipinski definition) is 1. The zero-order valence-corrected chi connectivity index (χ0v) is 14.2. The van der Waals surface area contributed by atoms with E-state index < -0.39 is 0 Å². The lowest BCUT2D eigenvalue weighted by atomic mass is 9.88. The van der Waals surface area contributed by atoms with Crippen molar-refractivity contribution in [2.75, 3.05) is 0 Å². The number of hydrogen-bond donors (Lipinski definition) is 1. The molecule has 1 aromatic heterocycles. The summed E-state index contributed by atoms with van der Waals surface area (Å²) >= 11 is 0. The molecular weight excluding hydrogens is 282 g/mol. The second kappa shape index (κ2) is 6.49. The fraction of sp³-hybridized carbons (Fsp3) is 0.333. The highest BCUT2D eigenvalue weighted by molar-refractivity contribution is 5.84. The number of nitrogens with one attached hydrogen (secondary N) is 1. The van der Waals surface area contributed by atoms with Crippen LogP contribution in [0.2, 0.25) is 0 Å². The van der Waals surface area contributed by atoms with E-state index in [0.29, 0.717) is 12.0 Å². The van der Waals surface area contributed by atoms with E-state index in [1.54, 1.807) is 0 Å². The first-order valence-electron chi connectivity index (χ1n) is 8.28. The van der Waals surface area contributed by atoms with Crippen LogP contribution in [0.3, 0.4) is 0 Å². The van der Waals surface area contributed by atoms with Gasteiger partial charge in [0.2, 0.25) is 0 Å². The van der Waals surface area contributed by atoms with Crippen molar-refractivity contribution in [3.05, 3.63) is 65.9 Å². The maximum atomic E-state index is 5.96. The highest BCUT2D eigenvalue weighted by Gasteiger charge is 2.12. The first-order chi connectivity index (χ1) is 11.0. The molecule has 3 aromatic rings. The topological polar surface area (TPSA) is 25.0 Å². The summed E-state index contributed by atoms with van der Waals surface area (Å²) in [5.41, 5.74) is 4.10. The molecule has 2 heteroatoms. The number of aromatic nitrogens is 1. The van der Waals surface area contributed by atoms with E-state index in [-0.39, 0.29) is 0 Å². The van der Waals surface area contributed by atoms with E-state index >= 15 is 0 Å². The summed E-state index contributed by atoms with van der Waals surface area (Å²) in [6.07, 6.45) is 4.40. The molecule has 0 bridgehead atoms. The first-order valence-corrected chi connectivity index (χ1v) is 8.28. The molecule has 0 aliphatic rings. The van der Waals surface area contributed by atoms with Gasteiger partial charge in [-0.2, -0.15) is 0 Å². The van der Waals surface area contributed by atoms with Crippen LogP contribution in [0.1, 0.15) is 38.3 Å². The molecule has 0 saturated heterocycles. The number of aromatic amines is 1. The predicted octanol–water partition coefficient (Wildman–Crippen LogP) is 5.73. The van der Waals surface area contributed by atoms with Crippen molar-refractivity contribution < 1.29 is 4.74 Å². The Bertz CT molecular complexity index is 765. The molecule has 120 valence electrons. The lowest BCUT2D eigenvalue weighted by Gasteiger charge is -2.17. The van der Waals surface area contributed by atoms with Crippen molar-refractivity contribution in [3.63, 3.8) is 0 Å². The number of aryl methyl sites for hydroxylation is 1. The number of ether oxygens (including phenoxy) is 1. The molecule has 0 unspecified atom stereocenters. The summed E-state index contributed by atoms with van der Waals surface area (Å²) in [6, 6.07) is 16.6. The van der Waals surface area contributed by atoms with Gasteiger partial charge in [0.05, 0.1) is 0 Å². The van der Waals surface area contributed by atoms with Gasteiger partial charge in [0, 0.05) is 17.1 Å². The fourth-order valence-electron chi connectivity index (χ4n) is 2.70. The molecule has 2 aromatic carbocycles. The SMILES string of the molecule is CC(C)(C)CCc1c[nH]c2ccc(OCc3ccccc3)cc12. The van der Waals surface area contributed by atoms with Gasteiger partial charge in [-0.3, -0.25) is 0 Å². The van der Waals surface area contributed by atoms with Gasteiger partial charge in [-0.15, -0.1) is 0 Å². The average Bonchev–Trinajstić information content (AvgIpc) is 2.94. The van der Waals surface area contributed by atoms with Crippen LogP contribution in [0.15, 0.2) is 54.7 Å². The van der Waals surface area contributed by atoms with Crippen molar-refractivity contribution in [3.8, 4) is 5.75 Å². The number of benzene rings is 2. The maximum Gasteiger partial charge on any atom is 0.120 e. The Balaban J connectivity index is 1.75. The lowest BCUT2D eigenvalue weighted by molar-refractivity contribution is 0.306. The van der Waals surface area contributed by atoms with E-state index in [1.807, 2.05) is 24.3 Å². The molecule has 2 nitrogen and oxygen atoms in total. The molecule has 0 aliphatic heterocycles. The Labute approximate surface area is 138 Å². The van der Waals surface area contributed by atoms with Crippen molar-refractivity contribution >= 4 is 10.9 Å². The molecule has 0 fully saturated rings. The van der Waals surface area contributed by atoms with Crippen LogP contribution in [-0.4, -0.2) is 4.98 Å². The van der Waals surface area contributed by atoms with Gasteiger partial charge < -0.3 is 9.72 Å². The molecule has 0 saturated carbocycles. The van der Waals surface area contributed by atoms with Crippen molar-refractivity contribution in [2.45, 2.75) is 40.2 Å². The van der Waals surface area contributed by atoms with Crippen LogP contribution in [0, 0.1) is 5.41 Å². The van der Waals surface area contributed by atoms with E-state index in [2.05, 4.69) is 56.2 Å². The van der Waals surface area contributed by atoms with Gasteiger partial charge in [0.1, 0.15) is 12.4 Å². The maximum absolute atomic E-state index is 5.96. The van der Waals surface area contributed by atoms with E-state index in [1.165, 1.54) is 28.5 Å². The van der Waals surface area contributed by atoms with E-state index in [9.17, 15) is 0 Å². The van der Waals surface area contributed by atoms with Crippen molar-refractivity contribution in [1.82, 2.24) is 4.98 Å². The molecule has 3 rings (SSSR count). The Morgan fingerprint density at radius 3 is 2.52 bits per heavy atom. The number of fused-ring (bicyclic) bond motifs is 1. The minimum absolute atomic E-state index is 0.352. The monoisotopic (exact) mass is 307 g/mol. The van der Waals surface area contributed by atoms with E-state index in [4.69, 9.17) is 4.74 Å². The summed E-state index contributed by atoms with van der Waals surface area (Å²) in [5, 5.41) is 1.28. The highest BCUT2D eigenvalue weighted by Crippen LogP contribution is 2.28. The third-order valence-corrected chi connectivity index (χ3v) is 4.13. The smallest absolute Gasteiger partial charge is 0.120 e. The fourth-order valence-corrected chi connectivity index (χ4v) is 2.70. The van der Waals surface area contributed by atoms with Crippen LogP contribution < -0.4 is 4.74 Å². The first kappa shape index (κ1) is 15.7. The van der Waals surface area contributed by atoms with Crippen LogP contribution in [0.4, 0.5) is 0 Å². The van der Waals surface area contributed by atoms with Crippen molar-refractivity contribution in [1.29, 1.82) is 0 Å². The van der Waals surface area contributed by atoms with Crippen LogP contribution in [0.25, 0.3) is 10.9 Å². The summed E-state index contributed by atoms with van der Waals surface area (Å²) < 4.78 is 5.96. The molecule has 0 aliphatic carbocycles. The van der Waals surface area contributed by atoms with Crippen LogP contribution in [0.5, 0.6) is 5.75 Å². The quantitative estimate of drug-likeness (QED) is 0.640. The van der Waals surface area contributed by atoms with Crippen LogP contribution >= 0.6 is 0 Å². The summed E-state index contributed by atoms with van der Waals surface area (Å²) in [5.74, 6) is 0.929. The van der Waals surface area contributed by atoms with Gasteiger partial charge in [-0.25, -0.2) is 0 Å². The molecule has 0 atom stereocenters. The van der Waals surface area contributed by atoms with Gasteiger partial charge in [-0.05, 0) is 47.6 Å². The third-order valence-electron chi connectivity index (χ3n) is 4.13. The minimum Gasteiger partial charge on any atom is -0.489 e. The Kier molecular flexibility index (Phi) is 4.42. The van der Waals surface area contributed by atoms with Crippen molar-refractivity contribution in [2.24, 2.45) is 5.41 Å². The summed E-state index contributed by atoms with van der Waals surface area (Å²) in [7, 11) is 0. The van der Waals surface area contributed by atoms with E-state index in [0.717, 1.165) is 12.2 Å².